The van der Waals surface area contributed by atoms with Gasteiger partial charge in [0.2, 0.25) is 15.7 Å². The lowest BCUT2D eigenvalue weighted by molar-refractivity contribution is -0.148. The molecule has 0 spiro atoms. The van der Waals surface area contributed by atoms with Crippen LogP contribution in [-0.4, -0.2) is 92.5 Å². The predicted molar refractivity (Wildman–Crippen MR) is 163 cm³/mol. The van der Waals surface area contributed by atoms with E-state index in [1.807, 2.05) is 60.7 Å². The van der Waals surface area contributed by atoms with Crippen LogP contribution < -0.4 is 5.32 Å². The van der Waals surface area contributed by atoms with Crippen molar-refractivity contribution in [3.63, 3.8) is 0 Å². The molecule has 0 saturated carbocycles. The largest absolute Gasteiger partial charge is 0.466 e. The molecule has 2 aromatic carbocycles. The van der Waals surface area contributed by atoms with E-state index >= 15 is 0 Å². The number of nitrogens with one attached hydrogen (secondary N) is 1. The molecule has 0 bridgehead atoms. The minimum absolute atomic E-state index is 0.0958. The van der Waals surface area contributed by atoms with E-state index in [-0.39, 0.29) is 31.5 Å². The molecular formula is C31H40B2N2O8. The lowest BCUT2D eigenvalue weighted by atomic mass is 9.95. The number of nitrogens with zero attached hydrogens (tertiary/aromatic N) is 1. The first-order chi connectivity index (χ1) is 20.4. The van der Waals surface area contributed by atoms with E-state index < -0.39 is 41.6 Å². The molecule has 43 heavy (non-hydrogen) atoms. The smallest absolute Gasteiger partial charge is 0.308 e. The first-order valence-electron chi connectivity index (χ1n) is 14.3. The summed E-state index contributed by atoms with van der Waals surface area (Å²) in [7, 11) is 10.7. The summed E-state index contributed by atoms with van der Waals surface area (Å²) in [5.74, 6) is -2.14. The number of esters is 2. The number of rotatable bonds is 12. The molecule has 2 N–H and O–H groups in total. The second-order valence-corrected chi connectivity index (χ2v) is 10.5. The number of benzene rings is 2. The minimum atomic E-state index is -1.05. The number of hydrogen-bond acceptors (Lipinski definition) is 8. The highest BCUT2D eigenvalue weighted by Gasteiger charge is 2.48. The van der Waals surface area contributed by atoms with Gasteiger partial charge in [-0.25, -0.2) is 0 Å². The van der Waals surface area contributed by atoms with Crippen molar-refractivity contribution in [2.45, 2.75) is 83.4 Å². The third kappa shape index (κ3) is 11.9. The van der Waals surface area contributed by atoms with Gasteiger partial charge in [-0.3, -0.25) is 19.2 Å². The molecule has 1 saturated heterocycles. The Morgan fingerprint density at radius 2 is 1.47 bits per heavy atom. The molecule has 3 rings (SSSR count). The van der Waals surface area contributed by atoms with Crippen LogP contribution in [0.4, 0.5) is 9.59 Å². The molecule has 4 radical (unpaired) electrons. The molecule has 10 nitrogen and oxygen atoms in total. The topological polar surface area (TPSA) is 131 Å². The third-order valence-electron chi connectivity index (χ3n) is 6.75. The Bertz CT molecular complexity index is 1180. The van der Waals surface area contributed by atoms with Crippen molar-refractivity contribution in [3.05, 3.63) is 71.8 Å². The molecule has 0 unspecified atom stereocenters. The van der Waals surface area contributed by atoms with Gasteiger partial charge in [-0.15, -0.1) is 0 Å². The SMILES string of the molecule is [B]C(=O)N1[C@@H](Cc2ccccc2)[C@@H](CC(=O)OCC)OC1(C)C.[B]C(=O)N[C@@H](Cc1ccccc1)[C@H](O)CC(=O)OCC. The fourth-order valence-electron chi connectivity index (χ4n) is 5.01. The second kappa shape index (κ2) is 17.5. The van der Waals surface area contributed by atoms with Crippen molar-refractivity contribution < 1.29 is 38.5 Å². The van der Waals surface area contributed by atoms with Gasteiger partial charge in [0.05, 0.1) is 50.3 Å². The van der Waals surface area contributed by atoms with Gasteiger partial charge in [0, 0.05) is 0 Å². The molecule has 0 aromatic heterocycles. The fraction of sp³-hybridized carbons (Fsp3) is 0.484. The number of hydrogen-bond donors (Lipinski definition) is 2. The highest BCUT2D eigenvalue weighted by atomic mass is 16.6. The molecule has 1 aliphatic heterocycles. The average molecular weight is 590 g/mol. The van der Waals surface area contributed by atoms with Crippen LogP contribution >= 0.6 is 0 Å². The van der Waals surface area contributed by atoms with Crippen molar-refractivity contribution in [1.82, 2.24) is 10.2 Å². The van der Waals surface area contributed by atoms with Crippen molar-refractivity contribution >= 4 is 39.2 Å². The number of carbonyl (C=O) groups is 4. The fourth-order valence-corrected chi connectivity index (χ4v) is 5.01. The van der Waals surface area contributed by atoms with Crippen LogP contribution in [0.1, 0.15) is 51.7 Å². The summed E-state index contributed by atoms with van der Waals surface area (Å²) in [6.45, 7) is 7.57. The van der Waals surface area contributed by atoms with Crippen LogP contribution in [0.5, 0.6) is 0 Å². The molecule has 1 heterocycles. The lowest BCUT2D eigenvalue weighted by Crippen LogP contribution is -2.48. The normalized spacial score (nSPS) is 18.4. The summed E-state index contributed by atoms with van der Waals surface area (Å²) < 4.78 is 15.7. The van der Waals surface area contributed by atoms with Gasteiger partial charge < -0.3 is 29.5 Å². The van der Waals surface area contributed by atoms with Crippen LogP contribution in [0.2, 0.25) is 0 Å². The molecule has 1 aliphatic rings. The average Bonchev–Trinajstić information content (AvgIpc) is 3.18. The number of amides is 2. The Morgan fingerprint density at radius 3 is 1.98 bits per heavy atom. The van der Waals surface area contributed by atoms with E-state index in [0.717, 1.165) is 11.1 Å². The van der Waals surface area contributed by atoms with Gasteiger partial charge >= 0.3 is 11.9 Å². The van der Waals surface area contributed by atoms with Crippen molar-refractivity contribution in [2.75, 3.05) is 13.2 Å². The molecular weight excluding hydrogens is 550 g/mol. The number of aliphatic hydroxyl groups is 1. The third-order valence-corrected chi connectivity index (χ3v) is 6.75. The van der Waals surface area contributed by atoms with E-state index in [1.54, 1.807) is 27.7 Å². The summed E-state index contributed by atoms with van der Waals surface area (Å²) >= 11 is 0. The molecule has 0 aliphatic carbocycles. The van der Waals surface area contributed by atoms with Crippen LogP contribution in [0, 0.1) is 0 Å². The standard InChI is InChI=1S/C17H22BNO4.C14H18BNO4/c1-4-22-15(20)11-14-13(10-12-8-6-5-7-9-12)19(16(18)21)17(2,3)23-14;1-2-20-13(18)9-12(17)11(16-14(15)19)8-10-6-4-3-5-7-10/h5-9,13-14H,4,10-11H2,1-3H3;3-7,11-12,17H,2,8-9H2,1H3,(H,16,19)/t13-,14+;11-,12+/m00/s1. The predicted octanol–water partition coefficient (Wildman–Crippen LogP) is 3.07. The maximum Gasteiger partial charge on any atom is 0.308 e. The molecule has 1 fully saturated rings. The van der Waals surface area contributed by atoms with Gasteiger partial charge in [-0.2, -0.15) is 0 Å². The Hall–Kier alpha value is -3.63. The van der Waals surface area contributed by atoms with Crippen LogP contribution in [0.15, 0.2) is 60.7 Å². The Kier molecular flexibility index (Phi) is 14.5. The highest BCUT2D eigenvalue weighted by molar-refractivity contribution is 6.57. The molecule has 4 atom stereocenters. The second-order valence-electron chi connectivity index (χ2n) is 10.5. The minimum Gasteiger partial charge on any atom is -0.466 e. The molecule has 228 valence electrons. The number of aliphatic hydroxyl groups excluding tert-OH is 1. The Balaban J connectivity index is 0.000000304. The number of carbonyl (C=O) groups excluding carboxylic acids is 4. The van der Waals surface area contributed by atoms with Gasteiger partial charge in [-0.05, 0) is 51.7 Å². The first kappa shape index (κ1) is 35.6. The highest BCUT2D eigenvalue weighted by Crippen LogP contribution is 2.35. The zero-order valence-corrected chi connectivity index (χ0v) is 25.2. The monoisotopic (exact) mass is 590 g/mol. The van der Waals surface area contributed by atoms with Crippen LogP contribution in [0.25, 0.3) is 0 Å². The van der Waals surface area contributed by atoms with Gasteiger partial charge in [0.25, 0.3) is 0 Å². The van der Waals surface area contributed by atoms with Gasteiger partial charge in [0.15, 0.2) is 11.6 Å². The zero-order chi connectivity index (χ0) is 32.0. The molecule has 2 amide bonds. The number of ether oxygens (including phenoxy) is 3. The van der Waals surface area contributed by atoms with E-state index in [4.69, 9.17) is 29.9 Å². The quantitative estimate of drug-likeness (QED) is 0.285. The molecule has 12 heteroatoms. The summed E-state index contributed by atoms with van der Waals surface area (Å²) in [4.78, 5) is 47.7. The van der Waals surface area contributed by atoms with Gasteiger partial charge in [0.1, 0.15) is 5.72 Å². The van der Waals surface area contributed by atoms with Crippen molar-refractivity contribution in [2.24, 2.45) is 0 Å². The summed E-state index contributed by atoms with van der Waals surface area (Å²) in [5.41, 5.74) is 1.12. The Labute approximate surface area is 256 Å². The van der Waals surface area contributed by atoms with Crippen molar-refractivity contribution in [1.29, 1.82) is 0 Å². The van der Waals surface area contributed by atoms with Crippen LogP contribution in [-0.2, 0) is 36.6 Å². The van der Waals surface area contributed by atoms with E-state index in [0.29, 0.717) is 19.4 Å². The maximum absolute atomic E-state index is 11.9. The molecule has 2 aromatic rings. The summed E-state index contributed by atoms with van der Waals surface area (Å²) in [6.07, 6.45) is -0.648. The van der Waals surface area contributed by atoms with Crippen molar-refractivity contribution in [3.8, 4) is 0 Å². The van der Waals surface area contributed by atoms with E-state index in [1.165, 1.54) is 4.90 Å². The maximum atomic E-state index is 11.9. The summed E-state index contributed by atoms with van der Waals surface area (Å²) in [6, 6.07) is 18.1. The Morgan fingerprint density at radius 1 is 0.930 bits per heavy atom. The van der Waals surface area contributed by atoms with Crippen LogP contribution in [0.3, 0.4) is 0 Å². The zero-order valence-electron chi connectivity index (χ0n) is 25.2. The summed E-state index contributed by atoms with van der Waals surface area (Å²) in [5, 5.41) is 12.5. The lowest BCUT2D eigenvalue weighted by Gasteiger charge is -2.33. The first-order valence-corrected chi connectivity index (χ1v) is 14.3. The van der Waals surface area contributed by atoms with Gasteiger partial charge in [-0.1, -0.05) is 60.7 Å². The van der Waals surface area contributed by atoms with E-state index in [2.05, 4.69) is 5.32 Å². The van der Waals surface area contributed by atoms with E-state index in [9.17, 15) is 24.3 Å².